The van der Waals surface area contributed by atoms with E-state index in [0.717, 1.165) is 49.4 Å². The van der Waals surface area contributed by atoms with Crippen molar-refractivity contribution in [1.82, 2.24) is 4.98 Å². The van der Waals surface area contributed by atoms with E-state index in [2.05, 4.69) is 26.1 Å². The summed E-state index contributed by atoms with van der Waals surface area (Å²) in [7, 11) is 0. The van der Waals surface area contributed by atoms with Gasteiger partial charge in [0.15, 0.2) is 10.1 Å². The van der Waals surface area contributed by atoms with Crippen LogP contribution in [-0.2, 0) is 4.79 Å². The Morgan fingerprint density at radius 2 is 1.81 bits per heavy atom. The lowest BCUT2D eigenvalue weighted by Gasteiger charge is -2.13. The Morgan fingerprint density at radius 1 is 1.10 bits per heavy atom. The van der Waals surface area contributed by atoms with Crippen molar-refractivity contribution >= 4 is 44.7 Å². The number of amides is 2. The number of nitrogens with zero attached hydrogens (tertiary/aromatic N) is 2. The maximum Gasteiger partial charge on any atom is 0.259 e. The molecule has 0 radical (unpaired) electrons. The summed E-state index contributed by atoms with van der Waals surface area (Å²) in [4.78, 5) is 39.2. The molecule has 0 bridgehead atoms. The minimum atomic E-state index is -0.432. The van der Waals surface area contributed by atoms with Crippen LogP contribution in [0.3, 0.4) is 0 Å². The second-order valence-corrected chi connectivity index (χ2v) is 8.21. The fourth-order valence-corrected chi connectivity index (χ4v) is 3.79. The summed E-state index contributed by atoms with van der Waals surface area (Å²) in [6.07, 6.45) is 6.84. The van der Waals surface area contributed by atoms with Gasteiger partial charge in [-0.15, -0.1) is 4.91 Å². The third-order valence-corrected chi connectivity index (χ3v) is 5.56. The number of unbranched alkanes of at least 4 members (excludes halogenated alkanes) is 5. The molecule has 0 saturated carbocycles. The predicted molar refractivity (Wildman–Crippen MR) is 126 cm³/mol. The highest BCUT2D eigenvalue weighted by molar-refractivity contribution is 7.19. The van der Waals surface area contributed by atoms with Crippen molar-refractivity contribution in [1.29, 1.82) is 0 Å². The topological polar surface area (TPSA) is 139 Å². The molecule has 2 rings (SSSR count). The Hall–Kier alpha value is -2.85. The van der Waals surface area contributed by atoms with Gasteiger partial charge in [-0.3, -0.25) is 14.9 Å². The van der Waals surface area contributed by atoms with Crippen molar-refractivity contribution in [2.24, 2.45) is 10.9 Å². The highest BCUT2D eigenvalue weighted by atomic mass is 32.1. The van der Waals surface area contributed by atoms with Crippen LogP contribution < -0.4 is 21.7 Å². The first kappa shape index (κ1) is 24.4. The molecule has 0 unspecified atom stereocenters. The first-order valence-corrected chi connectivity index (χ1v) is 11.2. The number of aromatic nitrogens is 1. The van der Waals surface area contributed by atoms with Crippen molar-refractivity contribution < 1.29 is 9.59 Å². The number of benzene rings is 1. The van der Waals surface area contributed by atoms with E-state index in [1.807, 2.05) is 0 Å². The van der Waals surface area contributed by atoms with Crippen molar-refractivity contribution in [2.75, 3.05) is 29.0 Å². The Morgan fingerprint density at radius 3 is 2.45 bits per heavy atom. The first-order valence-electron chi connectivity index (χ1n) is 10.4. The average Bonchev–Trinajstić information content (AvgIpc) is 3.08. The molecule has 1 aromatic carbocycles. The van der Waals surface area contributed by atoms with Crippen LogP contribution in [0.2, 0.25) is 0 Å². The van der Waals surface area contributed by atoms with E-state index in [1.54, 1.807) is 25.1 Å². The molecule has 0 aliphatic rings. The lowest BCUT2D eigenvalue weighted by Crippen LogP contribution is -2.17. The Balaban J connectivity index is 1.97. The number of nitrogens with two attached hydrogens (primary N) is 1. The predicted octanol–water partition coefficient (Wildman–Crippen LogP) is 4.77. The van der Waals surface area contributed by atoms with E-state index in [9.17, 15) is 14.5 Å². The average molecular weight is 447 g/mol. The van der Waals surface area contributed by atoms with E-state index >= 15 is 0 Å². The van der Waals surface area contributed by atoms with Gasteiger partial charge in [0.05, 0.1) is 16.9 Å². The first-order chi connectivity index (χ1) is 14.9. The minimum Gasteiger partial charge on any atom is -0.385 e. The van der Waals surface area contributed by atoms with Gasteiger partial charge in [0.2, 0.25) is 5.91 Å². The summed E-state index contributed by atoms with van der Waals surface area (Å²) in [5.41, 5.74) is 7.48. The molecule has 5 N–H and O–H groups in total. The fourth-order valence-electron chi connectivity index (χ4n) is 3.05. The Kier molecular flexibility index (Phi) is 10.0. The summed E-state index contributed by atoms with van der Waals surface area (Å²) in [5, 5.41) is 12.1. The van der Waals surface area contributed by atoms with Gasteiger partial charge in [-0.2, -0.15) is 0 Å². The maximum absolute atomic E-state index is 12.7. The SMILES string of the molecule is CC(=O)Nc1cc(NCCCCCCCCN)ccc1C(=O)Nc1nc(C)c(N=O)s1. The van der Waals surface area contributed by atoms with Crippen LogP contribution in [0, 0.1) is 11.8 Å². The molecule has 9 nitrogen and oxygen atoms in total. The number of carbonyl (C=O) groups excluding carboxylic acids is 2. The lowest BCUT2D eigenvalue weighted by molar-refractivity contribution is -0.114. The molecule has 0 aliphatic carbocycles. The smallest absolute Gasteiger partial charge is 0.259 e. The Labute approximate surface area is 186 Å². The molecular weight excluding hydrogens is 416 g/mol. The number of nitrogens with one attached hydrogen (secondary N) is 3. The zero-order valence-corrected chi connectivity index (χ0v) is 18.8. The number of rotatable bonds is 13. The summed E-state index contributed by atoms with van der Waals surface area (Å²) >= 11 is 0.999. The maximum atomic E-state index is 12.7. The van der Waals surface area contributed by atoms with Crippen LogP contribution in [-0.4, -0.2) is 29.9 Å². The summed E-state index contributed by atoms with van der Waals surface area (Å²) < 4.78 is 0. The van der Waals surface area contributed by atoms with Crippen molar-refractivity contribution in [3.05, 3.63) is 34.4 Å². The van der Waals surface area contributed by atoms with Crippen LogP contribution in [0.1, 0.15) is 61.5 Å². The number of carbonyl (C=O) groups is 2. The molecule has 31 heavy (non-hydrogen) atoms. The van der Waals surface area contributed by atoms with E-state index in [1.165, 1.54) is 26.2 Å². The van der Waals surface area contributed by atoms with E-state index in [-0.39, 0.29) is 16.0 Å². The number of aryl methyl sites for hydroxylation is 1. The summed E-state index contributed by atoms with van der Waals surface area (Å²) in [6, 6.07) is 5.19. The fraction of sp³-hybridized carbons (Fsp3) is 0.476. The second-order valence-electron chi connectivity index (χ2n) is 7.23. The summed E-state index contributed by atoms with van der Waals surface area (Å²) in [6.45, 7) is 4.60. The largest absolute Gasteiger partial charge is 0.385 e. The van der Waals surface area contributed by atoms with Crippen LogP contribution >= 0.6 is 11.3 Å². The third kappa shape index (κ3) is 8.06. The van der Waals surface area contributed by atoms with E-state index < -0.39 is 5.91 Å². The Bertz CT molecular complexity index is 899. The van der Waals surface area contributed by atoms with Crippen LogP contribution in [0.25, 0.3) is 0 Å². The molecule has 0 aliphatic heterocycles. The summed E-state index contributed by atoms with van der Waals surface area (Å²) in [5.74, 6) is -0.708. The monoisotopic (exact) mass is 446 g/mol. The van der Waals surface area contributed by atoms with Crippen LogP contribution in [0.15, 0.2) is 23.4 Å². The molecule has 168 valence electrons. The molecule has 10 heteroatoms. The molecule has 0 spiro atoms. The molecule has 0 atom stereocenters. The highest BCUT2D eigenvalue weighted by Crippen LogP contribution is 2.31. The van der Waals surface area contributed by atoms with Gasteiger partial charge in [-0.25, -0.2) is 4.98 Å². The minimum absolute atomic E-state index is 0.219. The molecule has 0 fully saturated rings. The third-order valence-electron chi connectivity index (χ3n) is 4.61. The molecule has 2 amide bonds. The van der Waals surface area contributed by atoms with E-state index in [4.69, 9.17) is 5.73 Å². The van der Waals surface area contributed by atoms with Crippen LogP contribution in [0.4, 0.5) is 21.5 Å². The number of thiazole rings is 1. The lowest BCUT2D eigenvalue weighted by atomic mass is 10.1. The quantitative estimate of drug-likeness (QED) is 0.258. The van der Waals surface area contributed by atoms with Gasteiger partial charge >= 0.3 is 0 Å². The molecule has 1 aromatic heterocycles. The van der Waals surface area contributed by atoms with Gasteiger partial charge < -0.3 is 16.4 Å². The van der Waals surface area contributed by atoms with Gasteiger partial charge in [-0.1, -0.05) is 37.0 Å². The second kappa shape index (κ2) is 12.8. The molecular formula is C21H30N6O3S. The number of anilines is 3. The molecule has 2 aromatic rings. The van der Waals surface area contributed by atoms with Crippen molar-refractivity contribution in [2.45, 2.75) is 52.4 Å². The zero-order chi connectivity index (χ0) is 22.6. The van der Waals surface area contributed by atoms with Gasteiger partial charge in [0.25, 0.3) is 5.91 Å². The number of nitroso groups, excluding NO2 is 1. The number of hydrogen-bond donors (Lipinski definition) is 4. The zero-order valence-electron chi connectivity index (χ0n) is 18.0. The van der Waals surface area contributed by atoms with Crippen LogP contribution in [0.5, 0.6) is 0 Å². The normalized spacial score (nSPS) is 10.5. The standard InChI is InChI=1S/C21H30N6O3S/c1-14-20(27-30)31-21(24-14)26-19(29)17-10-9-16(13-18(17)25-15(2)28)23-12-8-6-4-3-5-7-11-22/h9-10,13,23H,3-8,11-12,22H2,1-2H3,(H,25,28)(H,24,26,29). The van der Waals surface area contributed by atoms with Gasteiger partial charge in [0, 0.05) is 19.2 Å². The van der Waals surface area contributed by atoms with E-state index in [0.29, 0.717) is 16.9 Å². The van der Waals surface area contributed by atoms with Crippen molar-refractivity contribution in [3.63, 3.8) is 0 Å². The highest BCUT2D eigenvalue weighted by Gasteiger charge is 2.16. The van der Waals surface area contributed by atoms with Gasteiger partial charge in [0.1, 0.15) is 0 Å². The van der Waals surface area contributed by atoms with Crippen molar-refractivity contribution in [3.8, 4) is 0 Å². The van der Waals surface area contributed by atoms with Gasteiger partial charge in [-0.05, 0) is 49.7 Å². The number of hydrogen-bond acceptors (Lipinski definition) is 8. The molecule has 0 saturated heterocycles. The molecule has 1 heterocycles.